The fourth-order valence-corrected chi connectivity index (χ4v) is 2.01. The third-order valence-corrected chi connectivity index (χ3v) is 3.31. The summed E-state index contributed by atoms with van der Waals surface area (Å²) in [6, 6.07) is 18.6. The lowest BCUT2D eigenvalue weighted by atomic mass is 10.2. The van der Waals surface area contributed by atoms with Crippen LogP contribution in [0, 0.1) is 0 Å². The Bertz CT molecular complexity index is 470. The zero-order valence-electron chi connectivity index (χ0n) is 10.8. The predicted molar refractivity (Wildman–Crippen MR) is 81.9 cm³/mol. The average Bonchev–Trinajstić information content (AvgIpc) is 2.46. The number of benzene rings is 2. The summed E-state index contributed by atoms with van der Waals surface area (Å²) in [6.45, 7) is 3.15. The topological polar surface area (TPSA) is 21.3 Å². The van der Waals surface area contributed by atoms with Gasteiger partial charge < -0.3 is 10.1 Å². The molecule has 0 unspecified atom stereocenters. The van der Waals surface area contributed by atoms with Gasteiger partial charge in [0.25, 0.3) is 0 Å². The van der Waals surface area contributed by atoms with E-state index in [1.807, 2.05) is 18.2 Å². The lowest BCUT2D eigenvalue weighted by molar-refractivity contribution is 0.122. The van der Waals surface area contributed by atoms with Gasteiger partial charge in [-0.2, -0.15) is 0 Å². The average molecular weight is 320 g/mol. The van der Waals surface area contributed by atoms with Crippen LogP contribution in [0.4, 0.5) is 0 Å². The van der Waals surface area contributed by atoms with E-state index in [1.165, 1.54) is 11.1 Å². The third kappa shape index (κ3) is 5.55. The van der Waals surface area contributed by atoms with E-state index in [-0.39, 0.29) is 0 Å². The first-order valence-corrected chi connectivity index (χ1v) is 7.21. The lowest BCUT2D eigenvalue weighted by Crippen LogP contribution is -2.19. The second kappa shape index (κ2) is 8.10. The largest absolute Gasteiger partial charge is 0.375 e. The molecule has 0 saturated carbocycles. The van der Waals surface area contributed by atoms with Crippen LogP contribution in [0.1, 0.15) is 11.1 Å². The van der Waals surface area contributed by atoms with Gasteiger partial charge in [0.2, 0.25) is 0 Å². The van der Waals surface area contributed by atoms with Crippen LogP contribution in [0.2, 0.25) is 0 Å². The number of nitrogens with one attached hydrogen (secondary N) is 1. The van der Waals surface area contributed by atoms with Crippen molar-refractivity contribution < 1.29 is 4.74 Å². The highest BCUT2D eigenvalue weighted by molar-refractivity contribution is 9.10. The van der Waals surface area contributed by atoms with Crippen LogP contribution < -0.4 is 5.32 Å². The van der Waals surface area contributed by atoms with Gasteiger partial charge in [-0.25, -0.2) is 0 Å². The Balaban J connectivity index is 1.56. The fraction of sp³-hybridized carbons (Fsp3) is 0.250. The van der Waals surface area contributed by atoms with Gasteiger partial charge in [0, 0.05) is 17.6 Å². The summed E-state index contributed by atoms with van der Waals surface area (Å²) in [4.78, 5) is 0. The van der Waals surface area contributed by atoms with Crippen LogP contribution >= 0.6 is 15.9 Å². The van der Waals surface area contributed by atoms with Crippen LogP contribution in [0.25, 0.3) is 0 Å². The van der Waals surface area contributed by atoms with Crippen LogP contribution in [-0.2, 0) is 17.9 Å². The SMILES string of the molecule is Brc1ccc(COCCNCc2ccccc2)cc1. The summed E-state index contributed by atoms with van der Waals surface area (Å²) < 4.78 is 6.72. The van der Waals surface area contributed by atoms with Crippen molar-refractivity contribution in [3.8, 4) is 0 Å². The van der Waals surface area contributed by atoms with E-state index in [0.29, 0.717) is 6.61 Å². The van der Waals surface area contributed by atoms with Gasteiger partial charge in [0.1, 0.15) is 0 Å². The van der Waals surface area contributed by atoms with Gasteiger partial charge in [-0.05, 0) is 23.3 Å². The minimum Gasteiger partial charge on any atom is -0.375 e. The maximum Gasteiger partial charge on any atom is 0.0717 e. The molecular formula is C16H18BrNO. The summed E-state index contributed by atoms with van der Waals surface area (Å²) in [5.41, 5.74) is 2.50. The standard InChI is InChI=1S/C16H18BrNO/c17-16-8-6-15(7-9-16)13-19-11-10-18-12-14-4-2-1-3-5-14/h1-9,18H,10-13H2. The molecule has 0 aliphatic heterocycles. The molecule has 0 amide bonds. The molecular weight excluding hydrogens is 302 g/mol. The van der Waals surface area contributed by atoms with Crippen molar-refractivity contribution in [2.45, 2.75) is 13.2 Å². The van der Waals surface area contributed by atoms with Gasteiger partial charge in [-0.1, -0.05) is 58.4 Å². The predicted octanol–water partition coefficient (Wildman–Crippen LogP) is 3.76. The number of ether oxygens (including phenoxy) is 1. The van der Waals surface area contributed by atoms with Crippen molar-refractivity contribution in [1.82, 2.24) is 5.32 Å². The number of rotatable bonds is 7. The highest BCUT2D eigenvalue weighted by Crippen LogP contribution is 2.10. The molecule has 2 aromatic rings. The minimum absolute atomic E-state index is 0.667. The summed E-state index contributed by atoms with van der Waals surface area (Å²) in [5.74, 6) is 0. The molecule has 2 rings (SSSR count). The van der Waals surface area contributed by atoms with Crippen molar-refractivity contribution in [2.75, 3.05) is 13.2 Å². The van der Waals surface area contributed by atoms with Crippen molar-refractivity contribution in [1.29, 1.82) is 0 Å². The zero-order valence-corrected chi connectivity index (χ0v) is 12.4. The molecule has 0 heterocycles. The molecule has 3 heteroatoms. The second-order valence-corrected chi connectivity index (χ2v) is 5.26. The quantitative estimate of drug-likeness (QED) is 0.785. The molecule has 0 radical (unpaired) electrons. The molecule has 19 heavy (non-hydrogen) atoms. The Hall–Kier alpha value is -1.16. The molecule has 0 aromatic heterocycles. The molecule has 0 saturated heterocycles. The van der Waals surface area contributed by atoms with Crippen molar-refractivity contribution >= 4 is 15.9 Å². The monoisotopic (exact) mass is 319 g/mol. The zero-order chi connectivity index (χ0) is 13.3. The van der Waals surface area contributed by atoms with E-state index in [1.54, 1.807) is 0 Å². The third-order valence-electron chi connectivity index (χ3n) is 2.78. The minimum atomic E-state index is 0.667. The highest BCUT2D eigenvalue weighted by Gasteiger charge is 1.94. The van der Waals surface area contributed by atoms with Crippen LogP contribution in [0.5, 0.6) is 0 Å². The van der Waals surface area contributed by atoms with Crippen molar-refractivity contribution in [3.05, 3.63) is 70.2 Å². The number of halogens is 1. The van der Waals surface area contributed by atoms with Gasteiger partial charge in [-0.3, -0.25) is 0 Å². The molecule has 2 nitrogen and oxygen atoms in total. The Morgan fingerprint density at radius 1 is 0.895 bits per heavy atom. The normalized spacial score (nSPS) is 10.6. The van der Waals surface area contributed by atoms with Gasteiger partial charge >= 0.3 is 0 Å². The first-order chi connectivity index (χ1) is 9.34. The Morgan fingerprint density at radius 2 is 1.63 bits per heavy atom. The fourth-order valence-electron chi connectivity index (χ4n) is 1.74. The van der Waals surface area contributed by atoms with E-state index in [0.717, 1.165) is 24.2 Å². The summed E-state index contributed by atoms with van der Waals surface area (Å²) in [6.07, 6.45) is 0. The van der Waals surface area contributed by atoms with Crippen LogP contribution in [0.15, 0.2) is 59.1 Å². The van der Waals surface area contributed by atoms with Crippen LogP contribution in [0.3, 0.4) is 0 Å². The van der Waals surface area contributed by atoms with E-state index >= 15 is 0 Å². The Morgan fingerprint density at radius 3 is 2.37 bits per heavy atom. The second-order valence-electron chi connectivity index (χ2n) is 4.34. The lowest BCUT2D eigenvalue weighted by Gasteiger charge is -2.06. The van der Waals surface area contributed by atoms with Gasteiger partial charge in [0.05, 0.1) is 13.2 Å². The molecule has 0 aliphatic rings. The Labute approximate surface area is 122 Å². The van der Waals surface area contributed by atoms with Crippen LogP contribution in [-0.4, -0.2) is 13.2 Å². The van der Waals surface area contributed by atoms with Gasteiger partial charge in [0.15, 0.2) is 0 Å². The molecule has 0 aliphatic carbocycles. The maximum atomic E-state index is 5.62. The molecule has 0 spiro atoms. The Kier molecular flexibility index (Phi) is 6.08. The van der Waals surface area contributed by atoms with Gasteiger partial charge in [-0.15, -0.1) is 0 Å². The summed E-state index contributed by atoms with van der Waals surface area (Å²) in [5, 5.41) is 3.36. The molecule has 2 aromatic carbocycles. The number of hydrogen-bond donors (Lipinski definition) is 1. The molecule has 0 bridgehead atoms. The van der Waals surface area contributed by atoms with E-state index in [9.17, 15) is 0 Å². The first-order valence-electron chi connectivity index (χ1n) is 6.41. The van der Waals surface area contributed by atoms with E-state index in [2.05, 4.69) is 57.6 Å². The summed E-state index contributed by atoms with van der Waals surface area (Å²) in [7, 11) is 0. The molecule has 0 atom stereocenters. The molecule has 100 valence electrons. The van der Waals surface area contributed by atoms with Crippen molar-refractivity contribution in [2.24, 2.45) is 0 Å². The molecule has 1 N–H and O–H groups in total. The highest BCUT2D eigenvalue weighted by atomic mass is 79.9. The van der Waals surface area contributed by atoms with Crippen molar-refractivity contribution in [3.63, 3.8) is 0 Å². The first kappa shape index (κ1) is 14.3. The van der Waals surface area contributed by atoms with E-state index in [4.69, 9.17) is 4.74 Å². The summed E-state index contributed by atoms with van der Waals surface area (Å²) >= 11 is 3.42. The maximum absolute atomic E-state index is 5.62. The number of hydrogen-bond acceptors (Lipinski definition) is 2. The molecule has 0 fully saturated rings. The smallest absolute Gasteiger partial charge is 0.0717 e. The van der Waals surface area contributed by atoms with E-state index < -0.39 is 0 Å².